The lowest BCUT2D eigenvalue weighted by molar-refractivity contribution is 0.0350. The van der Waals surface area contributed by atoms with Crippen LogP contribution in [-0.2, 0) is 11.3 Å². The Morgan fingerprint density at radius 3 is 3.26 bits per heavy atom. The van der Waals surface area contributed by atoms with Gasteiger partial charge in [-0.25, -0.2) is 0 Å². The van der Waals surface area contributed by atoms with Crippen LogP contribution in [-0.4, -0.2) is 46.8 Å². The van der Waals surface area contributed by atoms with E-state index in [4.69, 9.17) is 4.74 Å². The second-order valence-electron chi connectivity index (χ2n) is 5.09. The third-order valence-electron chi connectivity index (χ3n) is 3.85. The van der Waals surface area contributed by atoms with Gasteiger partial charge < -0.3 is 9.84 Å². The van der Waals surface area contributed by atoms with Gasteiger partial charge in [0.25, 0.3) is 0 Å². The SMILES string of the molecule is Oc1ccc(Br)c(CN2CCS[C@H]3COCC[C@H]32)c1. The predicted octanol–water partition coefficient (Wildman–Crippen LogP) is 2.86. The van der Waals surface area contributed by atoms with Crippen LogP contribution in [0, 0.1) is 0 Å². The van der Waals surface area contributed by atoms with Crippen LogP contribution in [0.4, 0.5) is 0 Å². The molecule has 1 aromatic rings. The molecule has 0 aliphatic carbocycles. The van der Waals surface area contributed by atoms with E-state index >= 15 is 0 Å². The number of thioether (sulfide) groups is 1. The average Bonchev–Trinajstić information content (AvgIpc) is 2.43. The summed E-state index contributed by atoms with van der Waals surface area (Å²) in [5.74, 6) is 1.51. The fourth-order valence-corrected chi connectivity index (χ4v) is 4.60. The van der Waals surface area contributed by atoms with Gasteiger partial charge in [0.05, 0.1) is 6.61 Å². The van der Waals surface area contributed by atoms with Crippen molar-refractivity contribution in [3.8, 4) is 5.75 Å². The van der Waals surface area contributed by atoms with E-state index in [0.29, 0.717) is 17.0 Å². The van der Waals surface area contributed by atoms with Crippen LogP contribution in [0.2, 0.25) is 0 Å². The molecule has 3 nitrogen and oxygen atoms in total. The Morgan fingerprint density at radius 2 is 2.37 bits per heavy atom. The van der Waals surface area contributed by atoms with Crippen LogP contribution in [0.5, 0.6) is 5.75 Å². The van der Waals surface area contributed by atoms with E-state index in [9.17, 15) is 5.11 Å². The van der Waals surface area contributed by atoms with Gasteiger partial charge in [-0.05, 0) is 30.2 Å². The Balaban J connectivity index is 1.75. The van der Waals surface area contributed by atoms with Gasteiger partial charge in [-0.1, -0.05) is 15.9 Å². The molecule has 2 atom stereocenters. The fourth-order valence-electron chi connectivity index (χ4n) is 2.86. The molecule has 0 bridgehead atoms. The third-order valence-corrected chi connectivity index (χ3v) is 5.92. The van der Waals surface area contributed by atoms with Crippen LogP contribution in [0.25, 0.3) is 0 Å². The maximum atomic E-state index is 9.64. The summed E-state index contributed by atoms with van der Waals surface area (Å²) in [6.07, 6.45) is 1.12. The minimum atomic E-state index is 0.341. The molecule has 0 radical (unpaired) electrons. The average molecular weight is 344 g/mol. The minimum absolute atomic E-state index is 0.341. The number of aromatic hydroxyl groups is 1. The molecular formula is C14H18BrNO2S. The highest BCUT2D eigenvalue weighted by Crippen LogP contribution is 2.32. The van der Waals surface area contributed by atoms with E-state index in [1.807, 2.05) is 23.9 Å². The van der Waals surface area contributed by atoms with Crippen molar-refractivity contribution in [2.24, 2.45) is 0 Å². The van der Waals surface area contributed by atoms with Crippen molar-refractivity contribution in [3.05, 3.63) is 28.2 Å². The number of nitrogens with zero attached hydrogens (tertiary/aromatic N) is 1. The van der Waals surface area contributed by atoms with Crippen molar-refractivity contribution in [3.63, 3.8) is 0 Å². The van der Waals surface area contributed by atoms with Crippen LogP contribution < -0.4 is 0 Å². The number of rotatable bonds is 2. The number of hydrogen-bond acceptors (Lipinski definition) is 4. The molecule has 5 heteroatoms. The van der Waals surface area contributed by atoms with Crippen LogP contribution in [0.15, 0.2) is 22.7 Å². The highest BCUT2D eigenvalue weighted by atomic mass is 79.9. The van der Waals surface area contributed by atoms with E-state index < -0.39 is 0 Å². The van der Waals surface area contributed by atoms with E-state index in [1.54, 1.807) is 6.07 Å². The number of ether oxygens (including phenoxy) is 1. The van der Waals surface area contributed by atoms with Crippen molar-refractivity contribution in [1.29, 1.82) is 0 Å². The van der Waals surface area contributed by atoms with Crippen molar-refractivity contribution < 1.29 is 9.84 Å². The lowest BCUT2D eigenvalue weighted by Crippen LogP contribution is -2.51. The summed E-state index contributed by atoms with van der Waals surface area (Å²) in [7, 11) is 0. The first-order chi connectivity index (χ1) is 9.24. The Bertz CT molecular complexity index is 455. The molecule has 2 saturated heterocycles. The Kier molecular flexibility index (Phi) is 4.37. The molecule has 2 heterocycles. The fraction of sp³-hybridized carbons (Fsp3) is 0.571. The first-order valence-corrected chi connectivity index (χ1v) is 8.49. The quantitative estimate of drug-likeness (QED) is 0.894. The minimum Gasteiger partial charge on any atom is -0.508 e. The highest BCUT2D eigenvalue weighted by molar-refractivity contribution is 9.10. The standard InChI is InChI=1S/C14H18BrNO2S/c15-12-2-1-11(17)7-10(12)8-16-4-6-19-14-9-18-5-3-13(14)16/h1-2,7,13-14,17H,3-6,8-9H2/t13-,14+/m1/s1. The molecule has 2 fully saturated rings. The van der Waals surface area contributed by atoms with Gasteiger partial charge in [0.1, 0.15) is 5.75 Å². The van der Waals surface area contributed by atoms with Crippen LogP contribution in [0.3, 0.4) is 0 Å². The van der Waals surface area contributed by atoms with E-state index in [0.717, 1.165) is 42.8 Å². The molecule has 3 rings (SSSR count). The molecule has 2 aliphatic heterocycles. The Hall–Kier alpha value is -0.230. The van der Waals surface area contributed by atoms with Gasteiger partial charge in [-0.15, -0.1) is 0 Å². The molecule has 0 aromatic heterocycles. The monoisotopic (exact) mass is 343 g/mol. The topological polar surface area (TPSA) is 32.7 Å². The lowest BCUT2D eigenvalue weighted by atomic mass is 10.0. The van der Waals surface area contributed by atoms with Gasteiger partial charge in [-0.2, -0.15) is 11.8 Å². The van der Waals surface area contributed by atoms with E-state index in [2.05, 4.69) is 20.8 Å². The lowest BCUT2D eigenvalue weighted by Gasteiger charge is -2.43. The van der Waals surface area contributed by atoms with Crippen molar-refractivity contribution in [2.75, 3.05) is 25.5 Å². The van der Waals surface area contributed by atoms with Crippen molar-refractivity contribution in [1.82, 2.24) is 4.90 Å². The molecule has 0 unspecified atom stereocenters. The van der Waals surface area contributed by atoms with E-state index in [-0.39, 0.29) is 0 Å². The summed E-state index contributed by atoms with van der Waals surface area (Å²) >= 11 is 5.62. The number of benzene rings is 1. The zero-order valence-electron chi connectivity index (χ0n) is 10.7. The molecule has 0 amide bonds. The van der Waals surface area contributed by atoms with E-state index in [1.165, 1.54) is 5.75 Å². The van der Waals surface area contributed by atoms with Gasteiger partial charge in [0.15, 0.2) is 0 Å². The zero-order chi connectivity index (χ0) is 13.2. The van der Waals surface area contributed by atoms with Crippen LogP contribution in [0.1, 0.15) is 12.0 Å². The maximum Gasteiger partial charge on any atom is 0.115 e. The summed E-state index contributed by atoms with van der Waals surface area (Å²) in [6.45, 7) is 3.77. The second-order valence-corrected chi connectivity index (χ2v) is 7.29. The summed E-state index contributed by atoms with van der Waals surface area (Å²) in [5.41, 5.74) is 1.16. The van der Waals surface area contributed by atoms with Crippen molar-refractivity contribution >= 4 is 27.7 Å². The normalized spacial score (nSPS) is 28.1. The molecule has 1 N–H and O–H groups in total. The smallest absolute Gasteiger partial charge is 0.115 e. The Morgan fingerprint density at radius 1 is 1.47 bits per heavy atom. The summed E-state index contributed by atoms with van der Waals surface area (Å²) in [6, 6.07) is 6.11. The number of phenols is 1. The molecule has 104 valence electrons. The number of halogens is 1. The Labute approximate surface area is 126 Å². The highest BCUT2D eigenvalue weighted by Gasteiger charge is 2.34. The number of phenolic OH excluding ortho intramolecular Hbond substituents is 1. The maximum absolute atomic E-state index is 9.64. The molecule has 0 saturated carbocycles. The first-order valence-electron chi connectivity index (χ1n) is 6.65. The number of hydrogen-bond donors (Lipinski definition) is 1. The van der Waals surface area contributed by atoms with Crippen LogP contribution >= 0.6 is 27.7 Å². The summed E-state index contributed by atoms with van der Waals surface area (Å²) < 4.78 is 6.66. The second kappa shape index (κ2) is 6.04. The third kappa shape index (κ3) is 3.10. The van der Waals surface area contributed by atoms with Gasteiger partial charge in [-0.3, -0.25) is 4.90 Å². The molecule has 19 heavy (non-hydrogen) atoms. The predicted molar refractivity (Wildman–Crippen MR) is 81.7 cm³/mol. The first kappa shape index (κ1) is 13.7. The summed E-state index contributed by atoms with van der Waals surface area (Å²) in [4.78, 5) is 2.54. The molecule has 1 aromatic carbocycles. The largest absolute Gasteiger partial charge is 0.508 e. The van der Waals surface area contributed by atoms with Gasteiger partial charge in [0, 0.05) is 41.2 Å². The van der Waals surface area contributed by atoms with Crippen molar-refractivity contribution in [2.45, 2.75) is 24.3 Å². The zero-order valence-corrected chi connectivity index (χ0v) is 13.1. The van der Waals surface area contributed by atoms with Gasteiger partial charge in [0.2, 0.25) is 0 Å². The molecular weight excluding hydrogens is 326 g/mol. The van der Waals surface area contributed by atoms with Gasteiger partial charge >= 0.3 is 0 Å². The molecule has 0 spiro atoms. The number of fused-ring (bicyclic) bond motifs is 1. The summed E-state index contributed by atoms with van der Waals surface area (Å²) in [5, 5.41) is 10.2. The molecule has 2 aliphatic rings.